The molecule has 3 aromatic rings. The Hall–Kier alpha value is -2.82. The van der Waals surface area contributed by atoms with Crippen molar-refractivity contribution in [1.29, 1.82) is 0 Å². The molecule has 0 unspecified atom stereocenters. The van der Waals surface area contributed by atoms with Crippen LogP contribution in [0.2, 0.25) is 0 Å². The van der Waals surface area contributed by atoms with Crippen molar-refractivity contribution in [2.75, 3.05) is 11.9 Å². The largest absolute Gasteiger partial charge is 0.494 e. The van der Waals surface area contributed by atoms with Gasteiger partial charge in [-0.25, -0.2) is 0 Å². The van der Waals surface area contributed by atoms with Gasteiger partial charge in [-0.2, -0.15) is 4.98 Å². The van der Waals surface area contributed by atoms with Crippen molar-refractivity contribution >= 4 is 5.69 Å². The molecular weight excluding hydrogens is 290 g/mol. The van der Waals surface area contributed by atoms with Crippen LogP contribution in [0.5, 0.6) is 5.75 Å². The predicted molar refractivity (Wildman–Crippen MR) is 89.4 cm³/mol. The molecule has 0 spiro atoms. The monoisotopic (exact) mass is 309 g/mol. The van der Waals surface area contributed by atoms with Gasteiger partial charge in [0.25, 0.3) is 0 Å². The first-order chi connectivity index (χ1) is 11.2. The molecule has 0 atom stereocenters. The summed E-state index contributed by atoms with van der Waals surface area (Å²) in [7, 11) is 0. The maximum atomic E-state index is 5.42. The molecule has 0 aliphatic rings. The van der Waals surface area contributed by atoms with E-state index in [1.807, 2.05) is 62.4 Å². The fourth-order valence-electron chi connectivity index (χ4n) is 2.16. The highest BCUT2D eigenvalue weighted by molar-refractivity contribution is 5.54. The molecule has 0 amide bonds. The van der Waals surface area contributed by atoms with Gasteiger partial charge in [-0.05, 0) is 38.1 Å². The minimum Gasteiger partial charge on any atom is -0.494 e. The number of aromatic nitrogens is 2. The molecule has 23 heavy (non-hydrogen) atoms. The fraction of sp³-hybridized carbons (Fsp3) is 0.222. The van der Waals surface area contributed by atoms with E-state index in [9.17, 15) is 0 Å². The summed E-state index contributed by atoms with van der Waals surface area (Å²) in [5, 5.41) is 7.27. The van der Waals surface area contributed by atoms with E-state index in [1.54, 1.807) is 0 Å². The molecule has 5 nitrogen and oxygen atoms in total. The standard InChI is InChI=1S/C18H19N3O2/c1-3-22-16-10-8-15(9-11-16)19-12-17-20-18(21-23-17)14-6-4-13(2)5-7-14/h4-11,19H,3,12H2,1-2H3. The Morgan fingerprint density at radius 1 is 1.04 bits per heavy atom. The lowest BCUT2D eigenvalue weighted by molar-refractivity contribution is 0.340. The molecule has 0 bridgehead atoms. The third-order valence-corrected chi connectivity index (χ3v) is 3.39. The number of nitrogens with one attached hydrogen (secondary N) is 1. The summed E-state index contributed by atoms with van der Waals surface area (Å²) in [6.07, 6.45) is 0. The molecule has 0 saturated heterocycles. The van der Waals surface area contributed by atoms with E-state index >= 15 is 0 Å². The van der Waals surface area contributed by atoms with Crippen LogP contribution in [0.15, 0.2) is 53.1 Å². The SMILES string of the molecule is CCOc1ccc(NCc2nc(-c3ccc(C)cc3)no2)cc1. The highest BCUT2D eigenvalue weighted by atomic mass is 16.5. The van der Waals surface area contributed by atoms with Crippen LogP contribution in [0.25, 0.3) is 11.4 Å². The number of hydrogen-bond acceptors (Lipinski definition) is 5. The first-order valence-electron chi connectivity index (χ1n) is 7.61. The van der Waals surface area contributed by atoms with Crippen molar-refractivity contribution in [1.82, 2.24) is 10.1 Å². The van der Waals surface area contributed by atoms with Gasteiger partial charge in [-0.1, -0.05) is 35.0 Å². The zero-order valence-corrected chi connectivity index (χ0v) is 13.2. The molecule has 5 heteroatoms. The van der Waals surface area contributed by atoms with Crippen LogP contribution in [-0.2, 0) is 6.54 Å². The summed E-state index contributed by atoms with van der Waals surface area (Å²) in [4.78, 5) is 4.41. The maximum absolute atomic E-state index is 5.42. The van der Waals surface area contributed by atoms with E-state index in [0.717, 1.165) is 17.0 Å². The molecule has 1 N–H and O–H groups in total. The molecule has 2 aromatic carbocycles. The molecule has 0 fully saturated rings. The van der Waals surface area contributed by atoms with Crippen molar-refractivity contribution < 1.29 is 9.26 Å². The highest BCUT2D eigenvalue weighted by Gasteiger charge is 2.08. The van der Waals surface area contributed by atoms with Gasteiger partial charge in [0.1, 0.15) is 5.75 Å². The predicted octanol–water partition coefficient (Wildman–Crippen LogP) is 4.06. The van der Waals surface area contributed by atoms with E-state index in [0.29, 0.717) is 24.9 Å². The molecule has 0 aliphatic heterocycles. The lowest BCUT2D eigenvalue weighted by Gasteiger charge is -2.05. The topological polar surface area (TPSA) is 60.2 Å². The van der Waals surface area contributed by atoms with Crippen molar-refractivity contribution in [2.24, 2.45) is 0 Å². The third-order valence-electron chi connectivity index (χ3n) is 3.39. The van der Waals surface area contributed by atoms with Crippen LogP contribution in [0, 0.1) is 6.92 Å². The van der Waals surface area contributed by atoms with Crippen molar-refractivity contribution in [3.8, 4) is 17.1 Å². The normalized spacial score (nSPS) is 10.5. The molecule has 1 aromatic heterocycles. The molecule has 118 valence electrons. The minimum absolute atomic E-state index is 0.479. The first-order valence-corrected chi connectivity index (χ1v) is 7.61. The van der Waals surface area contributed by atoms with Crippen LogP contribution in [0.1, 0.15) is 18.4 Å². The smallest absolute Gasteiger partial charge is 0.246 e. The van der Waals surface area contributed by atoms with Gasteiger partial charge in [0.2, 0.25) is 11.7 Å². The number of benzene rings is 2. The lowest BCUT2D eigenvalue weighted by Crippen LogP contribution is -2.00. The number of aryl methyl sites for hydroxylation is 1. The summed E-state index contributed by atoms with van der Waals surface area (Å²) < 4.78 is 10.7. The van der Waals surface area contributed by atoms with E-state index in [-0.39, 0.29) is 0 Å². The number of ether oxygens (including phenoxy) is 1. The average Bonchev–Trinajstić information content (AvgIpc) is 3.04. The summed E-state index contributed by atoms with van der Waals surface area (Å²) in [5.41, 5.74) is 3.13. The second kappa shape index (κ2) is 6.96. The molecule has 1 heterocycles. The van der Waals surface area contributed by atoms with Gasteiger partial charge in [-0.15, -0.1) is 0 Å². The van der Waals surface area contributed by atoms with Gasteiger partial charge in [0.05, 0.1) is 13.2 Å². The van der Waals surface area contributed by atoms with Crippen molar-refractivity contribution in [3.63, 3.8) is 0 Å². The van der Waals surface area contributed by atoms with Gasteiger partial charge in [-0.3, -0.25) is 0 Å². The van der Waals surface area contributed by atoms with E-state index in [2.05, 4.69) is 15.5 Å². The molecule has 3 rings (SSSR count). The Labute approximate surface area is 135 Å². The van der Waals surface area contributed by atoms with E-state index in [4.69, 9.17) is 9.26 Å². The zero-order valence-electron chi connectivity index (χ0n) is 13.2. The van der Waals surface area contributed by atoms with Crippen LogP contribution >= 0.6 is 0 Å². The number of hydrogen-bond donors (Lipinski definition) is 1. The number of anilines is 1. The maximum Gasteiger partial charge on any atom is 0.246 e. The summed E-state index contributed by atoms with van der Waals surface area (Å²) >= 11 is 0. The fourth-order valence-corrected chi connectivity index (χ4v) is 2.16. The van der Waals surface area contributed by atoms with Crippen molar-refractivity contribution in [2.45, 2.75) is 20.4 Å². The lowest BCUT2D eigenvalue weighted by atomic mass is 10.1. The Morgan fingerprint density at radius 2 is 1.78 bits per heavy atom. The van der Waals surface area contributed by atoms with Crippen LogP contribution in [0.4, 0.5) is 5.69 Å². The minimum atomic E-state index is 0.479. The Kier molecular flexibility index (Phi) is 4.57. The molecule has 0 aliphatic carbocycles. The van der Waals surface area contributed by atoms with Gasteiger partial charge < -0.3 is 14.6 Å². The second-order valence-corrected chi connectivity index (χ2v) is 5.19. The van der Waals surface area contributed by atoms with Gasteiger partial charge in [0, 0.05) is 11.3 Å². The summed E-state index contributed by atoms with van der Waals surface area (Å²) in [5.74, 6) is 2.01. The van der Waals surface area contributed by atoms with Crippen LogP contribution < -0.4 is 10.1 Å². The molecule has 0 saturated carbocycles. The van der Waals surface area contributed by atoms with Gasteiger partial charge in [0.15, 0.2) is 0 Å². The van der Waals surface area contributed by atoms with E-state index in [1.165, 1.54) is 5.56 Å². The number of rotatable bonds is 6. The summed E-state index contributed by atoms with van der Waals surface area (Å²) in [6.45, 7) is 5.16. The zero-order chi connectivity index (χ0) is 16.1. The second-order valence-electron chi connectivity index (χ2n) is 5.19. The highest BCUT2D eigenvalue weighted by Crippen LogP contribution is 2.18. The Balaban J connectivity index is 1.61. The molecular formula is C18H19N3O2. The van der Waals surface area contributed by atoms with E-state index < -0.39 is 0 Å². The van der Waals surface area contributed by atoms with Crippen LogP contribution in [-0.4, -0.2) is 16.7 Å². The van der Waals surface area contributed by atoms with Gasteiger partial charge >= 0.3 is 0 Å². The average molecular weight is 309 g/mol. The third kappa shape index (κ3) is 3.88. The van der Waals surface area contributed by atoms with Crippen LogP contribution in [0.3, 0.4) is 0 Å². The van der Waals surface area contributed by atoms with Crippen molar-refractivity contribution in [3.05, 3.63) is 60.0 Å². The first kappa shape index (κ1) is 15.1. The summed E-state index contributed by atoms with van der Waals surface area (Å²) in [6, 6.07) is 15.8. The number of nitrogens with zero attached hydrogens (tertiary/aromatic N) is 2. The molecule has 0 radical (unpaired) electrons. The Bertz CT molecular complexity index is 749. The quantitative estimate of drug-likeness (QED) is 0.744. The Morgan fingerprint density at radius 3 is 2.48 bits per heavy atom.